The number of aromatic nitrogens is 2. The molecule has 0 spiro atoms. The summed E-state index contributed by atoms with van der Waals surface area (Å²) in [6, 6.07) is 39.0. The average Bonchev–Trinajstić information content (AvgIpc) is 3.83. The fourth-order valence-corrected chi connectivity index (χ4v) is 7.46. The van der Waals surface area contributed by atoms with Crippen LogP contribution in [0.1, 0.15) is 59.6 Å². The van der Waals surface area contributed by atoms with E-state index in [0.29, 0.717) is 29.0 Å². The Labute approximate surface area is 366 Å². The van der Waals surface area contributed by atoms with Crippen LogP contribution in [-0.2, 0) is 39.5 Å². The zero-order valence-electron chi connectivity index (χ0n) is 40.1. The number of para-hydroxylation sites is 2. The van der Waals surface area contributed by atoms with Gasteiger partial charge in [0.25, 0.3) is 0 Å². The molecule has 0 bridgehead atoms. The molecule has 1 aliphatic heterocycles. The first kappa shape index (κ1) is 30.0. The summed E-state index contributed by atoms with van der Waals surface area (Å²) in [5.74, 6) is 1.26. The second-order valence-corrected chi connectivity index (χ2v) is 15.0. The molecule has 58 heavy (non-hydrogen) atoms. The molecular formula is C51H42N5OPt-3. The van der Waals surface area contributed by atoms with Crippen LogP contribution >= 0.6 is 0 Å². The summed E-state index contributed by atoms with van der Waals surface area (Å²) in [4.78, 5) is 8.80. The molecular weight excluding hydrogens is 894 g/mol. The zero-order chi connectivity index (χ0) is 45.9. The van der Waals surface area contributed by atoms with Crippen LogP contribution in [-0.4, -0.2) is 16.1 Å². The van der Waals surface area contributed by atoms with E-state index >= 15 is 0 Å². The van der Waals surface area contributed by atoms with Gasteiger partial charge in [-0.05, 0) is 101 Å². The van der Waals surface area contributed by atoms with Gasteiger partial charge in [-0.2, -0.15) is 42.3 Å². The Balaban J connectivity index is 0.00000592. The van der Waals surface area contributed by atoms with E-state index in [4.69, 9.17) is 20.7 Å². The predicted molar refractivity (Wildman–Crippen MR) is 231 cm³/mol. The Morgan fingerprint density at radius 1 is 0.879 bits per heavy atom. The largest absolute Gasteiger partial charge is 0.517 e. The second-order valence-electron chi connectivity index (χ2n) is 15.0. The molecule has 0 N–H and O–H groups in total. The first-order chi connectivity index (χ1) is 31.0. The Morgan fingerprint density at radius 3 is 2.52 bits per heavy atom. The average molecular weight is 944 g/mol. The molecule has 9 rings (SSSR count). The molecule has 8 aromatic rings. The van der Waals surface area contributed by atoms with E-state index in [2.05, 4.69) is 49.6 Å². The topological polar surface area (TPSA) is 57.3 Å². The van der Waals surface area contributed by atoms with Gasteiger partial charge in [-0.25, -0.2) is 4.98 Å². The minimum Gasteiger partial charge on any atom is -0.517 e. The summed E-state index contributed by atoms with van der Waals surface area (Å²) in [7, 11) is 0. The Morgan fingerprint density at radius 2 is 1.71 bits per heavy atom. The SMILES string of the molecule is [2H]c1c([2H])c([2H])c(-c2cccc(C([2H])([2H])[2H])c2CCN2[CH-]N(c3[c-]c(COc4[c-]c5c(cc4)c4cc(C#N)ccc4n5-c4cc(C(C)(C)C)ccn4)ccc3)c3ccccc32)c([2H])c1[2H].[Pt]. The summed E-state index contributed by atoms with van der Waals surface area (Å²) in [5.41, 5.74) is 7.27. The molecule has 0 saturated heterocycles. The van der Waals surface area contributed by atoms with E-state index in [-0.39, 0.29) is 62.7 Å². The van der Waals surface area contributed by atoms with E-state index < -0.39 is 25.0 Å². The van der Waals surface area contributed by atoms with Crippen LogP contribution < -0.4 is 14.5 Å². The zero-order valence-corrected chi connectivity index (χ0v) is 34.3. The smallest absolute Gasteiger partial charge is 0.135 e. The summed E-state index contributed by atoms with van der Waals surface area (Å²) < 4.78 is 75.7. The normalized spacial score (nSPS) is 14.6. The van der Waals surface area contributed by atoms with Gasteiger partial charge >= 0.3 is 0 Å². The van der Waals surface area contributed by atoms with Crippen molar-refractivity contribution in [1.82, 2.24) is 9.55 Å². The van der Waals surface area contributed by atoms with Gasteiger partial charge in [0, 0.05) is 54.0 Å². The van der Waals surface area contributed by atoms with Gasteiger partial charge in [0.15, 0.2) is 0 Å². The number of anilines is 3. The molecule has 6 nitrogen and oxygen atoms in total. The van der Waals surface area contributed by atoms with Crippen molar-refractivity contribution in [3.63, 3.8) is 0 Å². The third-order valence-corrected chi connectivity index (χ3v) is 10.4. The van der Waals surface area contributed by atoms with Crippen LogP contribution in [0.4, 0.5) is 17.1 Å². The van der Waals surface area contributed by atoms with Gasteiger partial charge < -0.3 is 19.1 Å². The predicted octanol–water partition coefficient (Wildman–Crippen LogP) is 11.8. The number of hydrogen-bond donors (Lipinski definition) is 0. The van der Waals surface area contributed by atoms with Crippen molar-refractivity contribution >= 4 is 38.9 Å². The number of nitrogens with zero attached hydrogens (tertiary/aromatic N) is 5. The van der Waals surface area contributed by atoms with E-state index in [1.807, 2.05) is 102 Å². The molecule has 0 saturated carbocycles. The van der Waals surface area contributed by atoms with Crippen molar-refractivity contribution < 1.29 is 36.8 Å². The molecule has 7 heteroatoms. The van der Waals surface area contributed by atoms with Crippen molar-refractivity contribution in [2.24, 2.45) is 0 Å². The number of aryl methyl sites for hydroxylation is 1. The fourth-order valence-electron chi connectivity index (χ4n) is 7.46. The van der Waals surface area contributed by atoms with Crippen molar-refractivity contribution in [2.75, 3.05) is 16.3 Å². The molecule has 0 radical (unpaired) electrons. The maximum Gasteiger partial charge on any atom is 0.135 e. The number of ether oxygens (including phenoxy) is 1. The Bertz CT molecular complexity index is 3200. The summed E-state index contributed by atoms with van der Waals surface area (Å²) in [6.07, 6.45) is 2.01. The van der Waals surface area contributed by atoms with Gasteiger partial charge in [-0.15, -0.1) is 28.8 Å². The van der Waals surface area contributed by atoms with Crippen LogP contribution in [0.3, 0.4) is 0 Å². The van der Waals surface area contributed by atoms with E-state index in [1.54, 1.807) is 12.1 Å². The number of fused-ring (bicyclic) bond motifs is 4. The van der Waals surface area contributed by atoms with E-state index in [9.17, 15) is 5.26 Å². The molecule has 6 aromatic carbocycles. The number of rotatable bonds is 9. The summed E-state index contributed by atoms with van der Waals surface area (Å²) in [6.45, 7) is 6.41. The molecule has 0 fully saturated rings. The molecule has 0 amide bonds. The summed E-state index contributed by atoms with van der Waals surface area (Å²) >= 11 is 0. The van der Waals surface area contributed by atoms with Gasteiger partial charge in [0.2, 0.25) is 0 Å². The summed E-state index contributed by atoms with van der Waals surface area (Å²) in [5, 5.41) is 11.6. The van der Waals surface area contributed by atoms with Gasteiger partial charge in [0.05, 0.1) is 25.1 Å². The third-order valence-electron chi connectivity index (χ3n) is 10.4. The van der Waals surface area contributed by atoms with Gasteiger partial charge in [-0.1, -0.05) is 86.8 Å². The fraction of sp³-hybridized carbons (Fsp3) is 0.157. The molecule has 3 heterocycles. The van der Waals surface area contributed by atoms with Gasteiger partial charge in [-0.3, -0.25) is 0 Å². The van der Waals surface area contributed by atoms with E-state index in [0.717, 1.165) is 55.8 Å². The van der Waals surface area contributed by atoms with Crippen molar-refractivity contribution in [2.45, 2.75) is 46.1 Å². The second kappa shape index (κ2) is 16.0. The monoisotopic (exact) mass is 943 g/mol. The minimum absolute atomic E-state index is 0. The van der Waals surface area contributed by atoms with Gasteiger partial charge in [0.1, 0.15) is 5.82 Å². The van der Waals surface area contributed by atoms with Crippen LogP contribution in [0, 0.1) is 37.0 Å². The van der Waals surface area contributed by atoms with Crippen molar-refractivity contribution in [3.05, 3.63) is 186 Å². The maximum absolute atomic E-state index is 9.72. The van der Waals surface area contributed by atoms with Crippen LogP contribution in [0.15, 0.2) is 140 Å². The molecule has 1 aliphatic rings. The minimum atomic E-state index is -2.52. The number of benzene rings is 6. The number of nitriles is 1. The quantitative estimate of drug-likeness (QED) is 0.135. The number of pyridine rings is 1. The van der Waals surface area contributed by atoms with Crippen molar-refractivity contribution in [1.29, 1.82) is 5.26 Å². The standard InChI is InChI=1S/C51H42N5O.Pt/c1-35-12-10-17-43(38-14-6-5-7-15-38)42(35)25-27-54-34-55(48-19-9-8-18-47(48)54)40-16-11-13-37(28-40)33-57-41-21-22-44-45-29-36(32-52)20-23-46(45)56(49(44)31-41)50-30-39(24-26-53-50)51(2,3)4;/h5-24,26,29-30,34H,25,27,33H2,1-4H3;/q-3;/i1D3,5D,6D,7D,14D,15D;. The third kappa shape index (κ3) is 7.39. The van der Waals surface area contributed by atoms with Crippen LogP contribution in [0.2, 0.25) is 0 Å². The maximum atomic E-state index is 9.72. The number of hydrogen-bond acceptors (Lipinski definition) is 5. The first-order valence-corrected chi connectivity index (χ1v) is 18.7. The molecule has 0 unspecified atom stereocenters. The van der Waals surface area contributed by atoms with Crippen LogP contribution in [0.25, 0.3) is 38.8 Å². The van der Waals surface area contributed by atoms with E-state index in [1.165, 1.54) is 6.07 Å². The molecule has 2 aromatic heterocycles. The van der Waals surface area contributed by atoms with Crippen LogP contribution in [0.5, 0.6) is 5.75 Å². The molecule has 290 valence electrons. The molecule has 0 atom stereocenters. The van der Waals surface area contributed by atoms with Crippen molar-refractivity contribution in [3.8, 4) is 28.8 Å². The Hall–Kier alpha value is -6.15. The first-order valence-electron chi connectivity index (χ1n) is 22.7. The Kier molecular flexibility index (Phi) is 8.28. The molecule has 0 aliphatic carbocycles.